The number of ether oxygens (including phenoxy) is 2. The molecule has 5 rings (SSSR count). The topological polar surface area (TPSA) is 90.7 Å². The number of thiophene rings is 1. The number of methoxy groups -OCH3 is 2. The Balaban J connectivity index is 1.58. The molecule has 1 N–H and O–H groups in total. The van der Waals surface area contributed by atoms with E-state index in [1.54, 1.807) is 30.3 Å². The van der Waals surface area contributed by atoms with Gasteiger partial charge in [0.15, 0.2) is 0 Å². The zero-order chi connectivity index (χ0) is 28.6. The van der Waals surface area contributed by atoms with Crippen LogP contribution in [0.5, 0.6) is 11.5 Å². The Morgan fingerprint density at radius 2 is 1.95 bits per heavy atom. The molecule has 2 aromatic heterocycles. The second-order valence-electron chi connectivity index (χ2n) is 9.49. The highest BCUT2D eigenvalue weighted by Crippen LogP contribution is 2.47. The lowest BCUT2D eigenvalue weighted by molar-refractivity contribution is -0.138. The molecular weight excluding hydrogens is 547 g/mol. The van der Waals surface area contributed by atoms with Gasteiger partial charge in [0.25, 0.3) is 0 Å². The van der Waals surface area contributed by atoms with Crippen molar-refractivity contribution in [2.75, 3.05) is 43.7 Å². The Hall–Kier alpha value is -4.00. The highest BCUT2D eigenvalue weighted by Gasteiger charge is 2.41. The number of carboxylic acid groups (broad SMARTS) is 1. The maximum Gasteiger partial charge on any atom is 0.416 e. The van der Waals surface area contributed by atoms with Crippen molar-refractivity contribution in [3.8, 4) is 11.5 Å². The van der Waals surface area contributed by atoms with Crippen LogP contribution in [0.1, 0.15) is 29.8 Å². The lowest BCUT2D eigenvalue weighted by Gasteiger charge is -2.46. The molecule has 2 aliphatic heterocycles. The monoisotopic (exact) mass is 575 g/mol. The summed E-state index contributed by atoms with van der Waals surface area (Å²) in [5.41, 5.74) is -0.153. The van der Waals surface area contributed by atoms with E-state index in [4.69, 9.17) is 14.5 Å². The normalized spacial score (nSPS) is 19.2. The first-order valence-electron chi connectivity index (χ1n) is 12.5. The molecule has 0 unspecified atom stereocenters. The Kier molecular flexibility index (Phi) is 7.49. The number of pyridine rings is 1. The molecule has 4 heterocycles. The third-order valence-corrected chi connectivity index (χ3v) is 8.02. The molecule has 2 aliphatic rings. The first kappa shape index (κ1) is 27.6. The summed E-state index contributed by atoms with van der Waals surface area (Å²) in [5.74, 6) is 0.907. The minimum Gasteiger partial charge on any atom is -0.497 e. The highest BCUT2D eigenvalue weighted by atomic mass is 32.1. The number of anilines is 2. The van der Waals surface area contributed by atoms with E-state index < -0.39 is 23.8 Å². The first-order chi connectivity index (χ1) is 19.1. The van der Waals surface area contributed by atoms with Crippen molar-refractivity contribution >= 4 is 40.5 Å². The van der Waals surface area contributed by atoms with Gasteiger partial charge < -0.3 is 24.4 Å². The second-order valence-corrected chi connectivity index (χ2v) is 10.4. The number of carbonyl (C=O) groups is 1. The van der Waals surface area contributed by atoms with Crippen LogP contribution in [0.15, 0.2) is 53.0 Å². The van der Waals surface area contributed by atoms with Crippen LogP contribution in [-0.4, -0.2) is 66.8 Å². The number of benzene rings is 1. The number of aliphatic carboxylic acids is 1. The van der Waals surface area contributed by atoms with Gasteiger partial charge in [-0.05, 0) is 42.6 Å². The lowest BCUT2D eigenvalue weighted by Crippen LogP contribution is -2.58. The van der Waals surface area contributed by atoms with Gasteiger partial charge >= 0.3 is 12.1 Å². The minimum absolute atomic E-state index is 0.0527. The van der Waals surface area contributed by atoms with Crippen molar-refractivity contribution < 1.29 is 32.5 Å². The molecule has 1 aromatic carbocycles. The van der Waals surface area contributed by atoms with Gasteiger partial charge in [0.05, 0.1) is 48.5 Å². The van der Waals surface area contributed by atoms with E-state index in [-0.39, 0.29) is 23.9 Å². The summed E-state index contributed by atoms with van der Waals surface area (Å²) in [6.07, 6.45) is -3.27. The maximum absolute atomic E-state index is 13.8. The van der Waals surface area contributed by atoms with Crippen LogP contribution in [0.3, 0.4) is 0 Å². The molecule has 13 heteroatoms. The van der Waals surface area contributed by atoms with Gasteiger partial charge in [-0.3, -0.25) is 9.69 Å². The molecule has 2 atom stereocenters. The Labute approximate surface area is 233 Å². The first-order valence-corrected chi connectivity index (χ1v) is 13.4. The summed E-state index contributed by atoms with van der Waals surface area (Å²) in [5, 5.41) is 11.6. The van der Waals surface area contributed by atoms with Crippen LogP contribution < -0.4 is 19.3 Å². The number of aromatic nitrogens is 1. The van der Waals surface area contributed by atoms with Crippen molar-refractivity contribution in [1.82, 2.24) is 9.88 Å². The van der Waals surface area contributed by atoms with E-state index in [0.717, 1.165) is 18.0 Å². The molecule has 0 saturated carbocycles. The number of nitrogens with zero attached hydrogens (tertiary/aromatic N) is 5. The fraction of sp³-hybridized carbons (Fsp3) is 0.370. The molecule has 0 amide bonds. The average Bonchev–Trinajstić information content (AvgIpc) is 3.40. The van der Waals surface area contributed by atoms with Crippen molar-refractivity contribution in [3.63, 3.8) is 0 Å². The zero-order valence-corrected chi connectivity index (χ0v) is 22.9. The molecular formula is C27H28F3N5O4S. The third-order valence-electron chi connectivity index (χ3n) is 7.01. The van der Waals surface area contributed by atoms with Gasteiger partial charge in [0, 0.05) is 37.9 Å². The highest BCUT2D eigenvalue weighted by molar-refractivity contribution is 7.10. The summed E-state index contributed by atoms with van der Waals surface area (Å²) >= 11 is 1.33. The molecule has 9 nitrogen and oxygen atoms in total. The number of fused-ring (bicyclic) bond motifs is 1. The quantitative estimate of drug-likeness (QED) is 0.417. The smallest absolute Gasteiger partial charge is 0.416 e. The number of hydrogen-bond acceptors (Lipinski definition) is 9. The van der Waals surface area contributed by atoms with Crippen LogP contribution in [0.2, 0.25) is 0 Å². The van der Waals surface area contributed by atoms with Crippen LogP contribution >= 0.6 is 11.3 Å². The minimum atomic E-state index is -4.60. The molecule has 0 radical (unpaired) electrons. The van der Waals surface area contributed by atoms with Gasteiger partial charge in [-0.2, -0.15) is 13.2 Å². The summed E-state index contributed by atoms with van der Waals surface area (Å²) in [6, 6.07) is 7.79. The molecule has 1 fully saturated rings. The van der Waals surface area contributed by atoms with E-state index in [0.29, 0.717) is 41.9 Å². The Bertz CT molecular complexity index is 1430. The van der Waals surface area contributed by atoms with E-state index >= 15 is 0 Å². The van der Waals surface area contributed by atoms with Gasteiger partial charge in [0.2, 0.25) is 5.96 Å². The summed E-state index contributed by atoms with van der Waals surface area (Å²) in [7, 11) is 2.96. The fourth-order valence-corrected chi connectivity index (χ4v) is 6.06. The van der Waals surface area contributed by atoms with E-state index in [1.165, 1.54) is 24.5 Å². The number of hydrogen-bond donors (Lipinski definition) is 1. The zero-order valence-electron chi connectivity index (χ0n) is 22.1. The molecule has 0 bridgehead atoms. The van der Waals surface area contributed by atoms with Gasteiger partial charge in [-0.15, -0.1) is 11.3 Å². The van der Waals surface area contributed by atoms with E-state index in [2.05, 4.69) is 9.88 Å². The van der Waals surface area contributed by atoms with E-state index in [1.807, 2.05) is 23.3 Å². The summed E-state index contributed by atoms with van der Waals surface area (Å²) in [6.45, 7) is 3.51. The van der Waals surface area contributed by atoms with Crippen molar-refractivity contribution in [2.24, 2.45) is 4.99 Å². The summed E-state index contributed by atoms with van der Waals surface area (Å²) in [4.78, 5) is 27.7. The summed E-state index contributed by atoms with van der Waals surface area (Å²) < 4.78 is 52.3. The molecule has 0 spiro atoms. The SMILES string of the molecule is COc1ccnc(N2CCN(C3=Nc4ccsc4[C@H](CC(=O)O)N3c3cc(C(F)(F)F)ccc3OC)C[C@H]2C)c1. The predicted molar refractivity (Wildman–Crippen MR) is 146 cm³/mol. The molecule has 1 saturated heterocycles. The number of piperazine rings is 1. The second kappa shape index (κ2) is 10.9. The number of aliphatic imine (C=N–C) groups is 1. The average molecular weight is 576 g/mol. The third kappa shape index (κ3) is 5.25. The van der Waals surface area contributed by atoms with Crippen molar-refractivity contribution in [2.45, 2.75) is 31.6 Å². The van der Waals surface area contributed by atoms with Gasteiger partial charge in [0.1, 0.15) is 17.3 Å². The molecule has 212 valence electrons. The molecule has 0 aliphatic carbocycles. The molecule has 3 aromatic rings. The van der Waals surface area contributed by atoms with Gasteiger partial charge in [-0.1, -0.05) is 0 Å². The van der Waals surface area contributed by atoms with E-state index in [9.17, 15) is 23.1 Å². The number of alkyl halides is 3. The van der Waals surface area contributed by atoms with Crippen LogP contribution in [0, 0.1) is 0 Å². The fourth-order valence-electron chi connectivity index (χ4n) is 5.14. The maximum atomic E-state index is 13.8. The van der Waals surface area contributed by atoms with Crippen LogP contribution in [0.4, 0.5) is 30.4 Å². The molecule has 40 heavy (non-hydrogen) atoms. The number of rotatable bonds is 6. The largest absolute Gasteiger partial charge is 0.497 e. The lowest BCUT2D eigenvalue weighted by atomic mass is 10.0. The Morgan fingerprint density at radius 3 is 2.62 bits per heavy atom. The standard InChI is InChI=1S/C27H28F3N5O4S/c1-16-15-33(9-10-34(16)23-13-18(38-2)6-8-31-23)26-32-19-7-11-40-25(19)21(14-24(36)37)35(26)20-12-17(27(28,29)30)4-5-22(20)39-3/h4-8,11-13,16,21H,9-10,14-15H2,1-3H3,(H,36,37)/t16-,21+/m1/s1. The van der Waals surface area contributed by atoms with Crippen LogP contribution in [-0.2, 0) is 11.0 Å². The predicted octanol–water partition coefficient (Wildman–Crippen LogP) is 5.41. The van der Waals surface area contributed by atoms with Crippen molar-refractivity contribution in [3.05, 3.63) is 58.4 Å². The van der Waals surface area contributed by atoms with Gasteiger partial charge in [-0.25, -0.2) is 9.98 Å². The Morgan fingerprint density at radius 1 is 1.15 bits per heavy atom. The number of carboxylic acids is 1. The number of halogens is 3. The number of guanidine groups is 1. The van der Waals surface area contributed by atoms with Crippen molar-refractivity contribution in [1.29, 1.82) is 0 Å². The van der Waals surface area contributed by atoms with Crippen LogP contribution in [0.25, 0.3) is 0 Å².